The second-order valence-corrected chi connectivity index (χ2v) is 6.60. The van der Waals surface area contributed by atoms with E-state index in [1.54, 1.807) is 0 Å². The van der Waals surface area contributed by atoms with Crippen molar-refractivity contribution in [1.29, 1.82) is 0 Å². The molecule has 19 heavy (non-hydrogen) atoms. The minimum Gasteiger partial charge on any atom is -0.307 e. The third kappa shape index (κ3) is 1.95. The summed E-state index contributed by atoms with van der Waals surface area (Å²) in [6, 6.07) is 10.7. The molecule has 1 fully saturated rings. The Kier molecular flexibility index (Phi) is 2.86. The van der Waals surface area contributed by atoms with Crippen molar-refractivity contribution in [2.75, 3.05) is 6.54 Å². The molecule has 0 spiro atoms. The van der Waals surface area contributed by atoms with Gasteiger partial charge in [-0.3, -0.25) is 4.98 Å². The fourth-order valence-electron chi connectivity index (χ4n) is 3.37. The Labute approximate surface area is 115 Å². The van der Waals surface area contributed by atoms with Gasteiger partial charge in [-0.15, -0.1) is 0 Å². The maximum absolute atomic E-state index is 4.64. The van der Waals surface area contributed by atoms with E-state index in [1.165, 1.54) is 23.8 Å². The van der Waals surface area contributed by atoms with Gasteiger partial charge in [0, 0.05) is 17.1 Å². The Morgan fingerprint density at radius 3 is 2.68 bits per heavy atom. The molecule has 1 unspecified atom stereocenters. The van der Waals surface area contributed by atoms with Crippen molar-refractivity contribution in [2.24, 2.45) is 5.41 Å². The molecule has 2 heterocycles. The summed E-state index contributed by atoms with van der Waals surface area (Å²) in [7, 11) is 0. The first kappa shape index (κ1) is 12.6. The first-order chi connectivity index (χ1) is 9.03. The number of hydrogen-bond acceptors (Lipinski definition) is 2. The molecule has 1 aliphatic rings. The minimum absolute atomic E-state index is 0.0596. The summed E-state index contributed by atoms with van der Waals surface area (Å²) in [5.74, 6) is 0. The van der Waals surface area contributed by atoms with Crippen LogP contribution in [0, 0.1) is 5.41 Å². The van der Waals surface area contributed by atoms with Crippen LogP contribution >= 0.6 is 0 Å². The molecule has 0 radical (unpaired) electrons. The minimum atomic E-state index is 0.0596. The van der Waals surface area contributed by atoms with Crippen LogP contribution < -0.4 is 5.32 Å². The number of aromatic nitrogens is 1. The number of pyridine rings is 1. The van der Waals surface area contributed by atoms with Crippen molar-refractivity contribution in [3.8, 4) is 0 Å². The van der Waals surface area contributed by atoms with Gasteiger partial charge < -0.3 is 5.32 Å². The van der Waals surface area contributed by atoms with Crippen LogP contribution in [0.3, 0.4) is 0 Å². The molecule has 2 aromatic rings. The number of nitrogens with zero attached hydrogens (tertiary/aromatic N) is 1. The Bertz CT molecular complexity index is 589. The third-order valence-corrected chi connectivity index (χ3v) is 4.52. The van der Waals surface area contributed by atoms with Crippen LogP contribution in [-0.4, -0.2) is 11.5 Å². The molecule has 100 valence electrons. The van der Waals surface area contributed by atoms with Crippen molar-refractivity contribution in [3.05, 3.63) is 42.1 Å². The van der Waals surface area contributed by atoms with Gasteiger partial charge >= 0.3 is 0 Å². The van der Waals surface area contributed by atoms with Crippen LogP contribution in [0.15, 0.2) is 36.5 Å². The van der Waals surface area contributed by atoms with Gasteiger partial charge in [-0.1, -0.05) is 39.0 Å². The van der Waals surface area contributed by atoms with Crippen molar-refractivity contribution in [3.63, 3.8) is 0 Å². The Morgan fingerprint density at radius 1 is 1.21 bits per heavy atom. The summed E-state index contributed by atoms with van der Waals surface area (Å²) in [5.41, 5.74) is 2.65. The molecule has 2 heteroatoms. The molecule has 0 aliphatic carbocycles. The van der Waals surface area contributed by atoms with Crippen LogP contribution in [0.2, 0.25) is 0 Å². The number of benzene rings is 1. The molecule has 1 aliphatic heterocycles. The van der Waals surface area contributed by atoms with E-state index in [4.69, 9.17) is 0 Å². The normalized spacial score (nSPS) is 23.9. The van der Waals surface area contributed by atoms with Crippen molar-refractivity contribution in [1.82, 2.24) is 10.3 Å². The smallest absolute Gasteiger partial charge is 0.0702 e. The van der Waals surface area contributed by atoms with Gasteiger partial charge in [0.25, 0.3) is 0 Å². The van der Waals surface area contributed by atoms with E-state index in [1.807, 2.05) is 6.07 Å². The standard InChI is InChI=1S/C17H22N2/c1-16(2,3)17(9-6-10-19-17)14-11-13-7-4-5-8-15(13)18-12-14/h4-5,7-8,11-12,19H,6,9-10H2,1-3H3. The highest BCUT2D eigenvalue weighted by molar-refractivity contribution is 5.79. The van der Waals surface area contributed by atoms with Crippen molar-refractivity contribution in [2.45, 2.75) is 39.2 Å². The monoisotopic (exact) mass is 254 g/mol. The highest BCUT2D eigenvalue weighted by Gasteiger charge is 2.45. The Morgan fingerprint density at radius 2 is 2.00 bits per heavy atom. The van der Waals surface area contributed by atoms with Gasteiger partial charge in [0.15, 0.2) is 0 Å². The first-order valence-electron chi connectivity index (χ1n) is 7.13. The largest absolute Gasteiger partial charge is 0.307 e. The molecule has 3 rings (SSSR count). The molecule has 1 saturated heterocycles. The summed E-state index contributed by atoms with van der Waals surface area (Å²) in [4.78, 5) is 4.64. The summed E-state index contributed by atoms with van der Waals surface area (Å²) >= 11 is 0. The van der Waals surface area contributed by atoms with Gasteiger partial charge in [0.2, 0.25) is 0 Å². The lowest BCUT2D eigenvalue weighted by atomic mass is 9.69. The van der Waals surface area contributed by atoms with Crippen molar-refractivity contribution >= 4 is 10.9 Å². The van der Waals surface area contributed by atoms with E-state index in [0.29, 0.717) is 0 Å². The first-order valence-corrected chi connectivity index (χ1v) is 7.13. The molecule has 0 bridgehead atoms. The topological polar surface area (TPSA) is 24.9 Å². The Balaban J connectivity index is 2.16. The summed E-state index contributed by atoms with van der Waals surface area (Å²) in [6.45, 7) is 8.06. The number of nitrogens with one attached hydrogen (secondary N) is 1. The fourth-order valence-corrected chi connectivity index (χ4v) is 3.37. The van der Waals surface area contributed by atoms with Gasteiger partial charge in [-0.25, -0.2) is 0 Å². The van der Waals surface area contributed by atoms with E-state index in [0.717, 1.165) is 12.1 Å². The molecular formula is C17H22N2. The zero-order valence-corrected chi connectivity index (χ0v) is 12.0. The van der Waals surface area contributed by atoms with Gasteiger partial charge in [0.1, 0.15) is 0 Å². The van der Waals surface area contributed by atoms with Crippen LogP contribution in [0.5, 0.6) is 0 Å². The average Bonchev–Trinajstić information content (AvgIpc) is 2.88. The summed E-state index contributed by atoms with van der Waals surface area (Å²) < 4.78 is 0. The predicted molar refractivity (Wildman–Crippen MR) is 80.1 cm³/mol. The highest BCUT2D eigenvalue weighted by atomic mass is 15.0. The van der Waals surface area contributed by atoms with E-state index in [-0.39, 0.29) is 11.0 Å². The zero-order valence-electron chi connectivity index (χ0n) is 12.0. The molecule has 1 aromatic carbocycles. The van der Waals surface area contributed by atoms with Crippen LogP contribution in [0.4, 0.5) is 0 Å². The van der Waals surface area contributed by atoms with Crippen LogP contribution in [0.25, 0.3) is 10.9 Å². The Hall–Kier alpha value is -1.41. The molecule has 0 amide bonds. The van der Waals surface area contributed by atoms with Crippen LogP contribution in [0.1, 0.15) is 39.2 Å². The van der Waals surface area contributed by atoms with Gasteiger partial charge in [-0.2, -0.15) is 0 Å². The van der Waals surface area contributed by atoms with Crippen LogP contribution in [-0.2, 0) is 5.54 Å². The zero-order chi connectivity index (χ0) is 13.5. The number of para-hydroxylation sites is 1. The van der Waals surface area contributed by atoms with E-state index < -0.39 is 0 Å². The van der Waals surface area contributed by atoms with Crippen molar-refractivity contribution < 1.29 is 0 Å². The third-order valence-electron chi connectivity index (χ3n) is 4.52. The molecular weight excluding hydrogens is 232 g/mol. The summed E-state index contributed by atoms with van der Waals surface area (Å²) in [6.07, 6.45) is 4.49. The molecule has 0 saturated carbocycles. The maximum Gasteiger partial charge on any atom is 0.0702 e. The predicted octanol–water partition coefficient (Wildman–Crippen LogP) is 3.86. The summed E-state index contributed by atoms with van der Waals surface area (Å²) in [5, 5.41) is 4.98. The second-order valence-electron chi connectivity index (χ2n) is 6.60. The van der Waals surface area contributed by atoms with Gasteiger partial charge in [0.05, 0.1) is 5.52 Å². The number of rotatable bonds is 1. The van der Waals surface area contributed by atoms with E-state index in [2.05, 4.69) is 61.5 Å². The second kappa shape index (κ2) is 4.31. The lowest BCUT2D eigenvalue weighted by Crippen LogP contribution is -2.48. The average molecular weight is 254 g/mol. The SMILES string of the molecule is CC(C)(C)C1(c2cnc3ccccc3c2)CCCN1. The van der Waals surface area contributed by atoms with Gasteiger partial charge in [-0.05, 0) is 42.5 Å². The molecule has 1 atom stereocenters. The van der Waals surface area contributed by atoms with E-state index in [9.17, 15) is 0 Å². The highest BCUT2D eigenvalue weighted by Crippen LogP contribution is 2.45. The van der Waals surface area contributed by atoms with E-state index >= 15 is 0 Å². The molecule has 1 aromatic heterocycles. The maximum atomic E-state index is 4.64. The number of fused-ring (bicyclic) bond motifs is 1. The molecule has 1 N–H and O–H groups in total. The lowest BCUT2D eigenvalue weighted by molar-refractivity contribution is 0.160. The molecule has 2 nitrogen and oxygen atoms in total. The lowest BCUT2D eigenvalue weighted by Gasteiger charge is -2.42. The quantitative estimate of drug-likeness (QED) is 0.836. The fraction of sp³-hybridized carbons (Fsp3) is 0.471. The number of hydrogen-bond donors (Lipinski definition) is 1.